The van der Waals surface area contributed by atoms with E-state index in [4.69, 9.17) is 4.74 Å². The highest BCUT2D eigenvalue weighted by Gasteiger charge is 2.62. The first-order chi connectivity index (χ1) is 15.6. The Morgan fingerprint density at radius 3 is 2.64 bits per heavy atom. The summed E-state index contributed by atoms with van der Waals surface area (Å²) in [5, 5.41) is 20.6. The number of allylic oxidation sites excluding steroid dienone is 3. The number of fused-ring (bicyclic) bond motifs is 5. The zero-order chi connectivity index (χ0) is 23.7. The standard InChI is InChI=1S/C28H38O5/c1-15-12-24(33-26(32)18(15)14-29)16(2)19-8-9-20-17-13-23(30)22-6-5-7-25(31)28(22,4)21(17)10-11-27(19,20)3/h5-7,16-17,19-21,23-24,29-30H,8-14H2,1-4H3/t16-,17-,19+,20-,21-,23+,24+,27+,28+/m0/s1. The third kappa shape index (κ3) is 3.18. The molecule has 180 valence electrons. The molecule has 1 heterocycles. The summed E-state index contributed by atoms with van der Waals surface area (Å²) in [7, 11) is 0. The van der Waals surface area contributed by atoms with Gasteiger partial charge in [-0.05, 0) is 92.6 Å². The number of esters is 1. The minimum atomic E-state index is -0.580. The van der Waals surface area contributed by atoms with Gasteiger partial charge in [0.25, 0.3) is 0 Å². The molecule has 9 atom stereocenters. The van der Waals surface area contributed by atoms with Crippen molar-refractivity contribution in [2.45, 2.75) is 78.4 Å². The molecule has 3 fully saturated rings. The first-order valence-corrected chi connectivity index (χ1v) is 12.7. The summed E-state index contributed by atoms with van der Waals surface area (Å²) in [6.07, 6.45) is 10.5. The van der Waals surface area contributed by atoms with Gasteiger partial charge >= 0.3 is 5.97 Å². The summed E-state index contributed by atoms with van der Waals surface area (Å²) in [6, 6.07) is 0. The van der Waals surface area contributed by atoms with E-state index in [1.54, 1.807) is 12.2 Å². The molecule has 2 N–H and O–H groups in total. The highest BCUT2D eigenvalue weighted by molar-refractivity contribution is 5.99. The second-order valence-electron chi connectivity index (χ2n) is 11.8. The molecule has 0 unspecified atom stereocenters. The van der Waals surface area contributed by atoms with Crippen LogP contribution >= 0.6 is 0 Å². The fourth-order valence-electron chi connectivity index (χ4n) is 8.81. The molecule has 5 heteroatoms. The first kappa shape index (κ1) is 23.0. The maximum Gasteiger partial charge on any atom is 0.336 e. The van der Waals surface area contributed by atoms with Crippen molar-refractivity contribution in [1.29, 1.82) is 0 Å². The number of ether oxygens (including phenoxy) is 1. The van der Waals surface area contributed by atoms with Crippen LogP contribution in [0.25, 0.3) is 0 Å². The van der Waals surface area contributed by atoms with Crippen LogP contribution in [0.3, 0.4) is 0 Å². The molecular weight excluding hydrogens is 416 g/mol. The average molecular weight is 455 g/mol. The Kier molecular flexibility index (Phi) is 5.52. The van der Waals surface area contributed by atoms with Gasteiger partial charge in [-0.2, -0.15) is 0 Å². The summed E-state index contributed by atoms with van der Waals surface area (Å²) >= 11 is 0. The fraction of sp³-hybridized carbons (Fsp3) is 0.714. The molecule has 0 spiro atoms. The molecule has 0 radical (unpaired) electrons. The van der Waals surface area contributed by atoms with Gasteiger partial charge in [0.1, 0.15) is 6.10 Å². The summed E-state index contributed by atoms with van der Waals surface area (Å²) in [5.74, 6) is 1.54. The molecule has 0 aromatic carbocycles. The molecule has 3 saturated carbocycles. The van der Waals surface area contributed by atoms with Crippen LogP contribution in [-0.4, -0.2) is 40.8 Å². The Bertz CT molecular complexity index is 959. The van der Waals surface area contributed by atoms with Gasteiger partial charge in [-0.3, -0.25) is 4.79 Å². The van der Waals surface area contributed by atoms with Crippen LogP contribution in [-0.2, 0) is 14.3 Å². The van der Waals surface area contributed by atoms with E-state index in [9.17, 15) is 19.8 Å². The minimum absolute atomic E-state index is 0.118. The first-order valence-electron chi connectivity index (χ1n) is 12.7. The quantitative estimate of drug-likeness (QED) is 0.626. The van der Waals surface area contributed by atoms with Crippen LogP contribution in [0.1, 0.15) is 66.2 Å². The molecule has 0 aromatic heterocycles. The second kappa shape index (κ2) is 7.91. The van der Waals surface area contributed by atoms with Crippen LogP contribution in [0.15, 0.2) is 34.9 Å². The topological polar surface area (TPSA) is 83.8 Å². The van der Waals surface area contributed by atoms with Crippen molar-refractivity contribution in [3.63, 3.8) is 0 Å². The predicted octanol–water partition coefficient (Wildman–Crippen LogP) is 4.14. The van der Waals surface area contributed by atoms with Gasteiger partial charge in [-0.15, -0.1) is 0 Å². The van der Waals surface area contributed by atoms with Crippen LogP contribution in [0.4, 0.5) is 0 Å². The Balaban J connectivity index is 1.41. The molecule has 1 aliphatic heterocycles. The number of ketones is 1. The Morgan fingerprint density at radius 1 is 1.18 bits per heavy atom. The lowest BCUT2D eigenvalue weighted by Gasteiger charge is -2.58. The van der Waals surface area contributed by atoms with E-state index in [2.05, 4.69) is 20.8 Å². The average Bonchev–Trinajstić information content (AvgIpc) is 3.12. The van der Waals surface area contributed by atoms with Crippen LogP contribution in [0, 0.1) is 40.4 Å². The van der Waals surface area contributed by atoms with E-state index < -0.39 is 11.5 Å². The van der Waals surface area contributed by atoms with E-state index in [0.29, 0.717) is 29.7 Å². The largest absolute Gasteiger partial charge is 0.458 e. The van der Waals surface area contributed by atoms with Gasteiger partial charge in [0, 0.05) is 6.42 Å². The van der Waals surface area contributed by atoms with Gasteiger partial charge in [0.15, 0.2) is 5.78 Å². The summed E-state index contributed by atoms with van der Waals surface area (Å²) < 4.78 is 5.83. The summed E-state index contributed by atoms with van der Waals surface area (Å²) in [6.45, 7) is 8.38. The maximum atomic E-state index is 13.1. The normalized spacial score (nSPS) is 45.7. The predicted molar refractivity (Wildman–Crippen MR) is 125 cm³/mol. The zero-order valence-corrected chi connectivity index (χ0v) is 20.3. The van der Waals surface area contributed by atoms with E-state index in [1.807, 2.05) is 13.0 Å². The highest BCUT2D eigenvalue weighted by atomic mass is 16.5. The highest BCUT2D eigenvalue weighted by Crippen LogP contribution is 2.67. The number of hydrogen-bond donors (Lipinski definition) is 2. The van der Waals surface area contributed by atoms with Crippen LogP contribution in [0.2, 0.25) is 0 Å². The molecule has 0 aromatic rings. The van der Waals surface area contributed by atoms with Crippen molar-refractivity contribution in [3.8, 4) is 0 Å². The number of cyclic esters (lactones) is 1. The second-order valence-corrected chi connectivity index (χ2v) is 11.8. The van der Waals surface area contributed by atoms with Crippen LogP contribution in [0.5, 0.6) is 0 Å². The SMILES string of the molecule is CC1=C(CO)C(=O)O[C@@H]([C@@H](C)[C@H]2CC[C@H]3[C@@H]4C[C@@H](O)C5=CC=CC(=O)[C@]5(C)[C@H]4CC[C@]23C)C1. The van der Waals surface area contributed by atoms with Crippen LogP contribution < -0.4 is 0 Å². The van der Waals surface area contributed by atoms with E-state index in [-0.39, 0.29) is 41.7 Å². The summed E-state index contributed by atoms with van der Waals surface area (Å²) in [5.41, 5.74) is 1.81. The van der Waals surface area contributed by atoms with Gasteiger partial charge < -0.3 is 14.9 Å². The molecular formula is C28H38O5. The molecule has 33 heavy (non-hydrogen) atoms. The Hall–Kier alpha value is -1.72. The van der Waals surface area contributed by atoms with Crippen molar-refractivity contribution in [3.05, 3.63) is 34.9 Å². The maximum absolute atomic E-state index is 13.1. The van der Waals surface area contributed by atoms with Gasteiger partial charge in [-0.25, -0.2) is 4.79 Å². The van der Waals surface area contributed by atoms with E-state index in [0.717, 1.165) is 43.3 Å². The lowest BCUT2D eigenvalue weighted by Crippen LogP contribution is -2.56. The lowest BCUT2D eigenvalue weighted by atomic mass is 9.46. The van der Waals surface area contributed by atoms with Gasteiger partial charge in [0.05, 0.1) is 23.7 Å². The van der Waals surface area contributed by atoms with Crippen molar-refractivity contribution < 1.29 is 24.5 Å². The molecule has 5 aliphatic rings. The van der Waals surface area contributed by atoms with E-state index in [1.165, 1.54) is 0 Å². The van der Waals surface area contributed by atoms with Crippen molar-refractivity contribution in [2.75, 3.05) is 6.61 Å². The fourth-order valence-corrected chi connectivity index (χ4v) is 8.81. The van der Waals surface area contributed by atoms with Gasteiger partial charge in [0.2, 0.25) is 0 Å². The number of rotatable bonds is 3. The number of hydrogen-bond acceptors (Lipinski definition) is 5. The molecule has 5 rings (SSSR count). The molecule has 0 saturated heterocycles. The van der Waals surface area contributed by atoms with Crippen molar-refractivity contribution >= 4 is 11.8 Å². The van der Waals surface area contributed by atoms with Gasteiger partial charge in [-0.1, -0.05) is 31.6 Å². The smallest absolute Gasteiger partial charge is 0.336 e. The van der Waals surface area contributed by atoms with Crippen molar-refractivity contribution in [2.24, 2.45) is 40.4 Å². The summed E-state index contributed by atoms with van der Waals surface area (Å²) in [4.78, 5) is 25.5. The third-order valence-corrected chi connectivity index (χ3v) is 10.6. The monoisotopic (exact) mass is 454 g/mol. The number of carbonyl (C=O) groups is 2. The minimum Gasteiger partial charge on any atom is -0.458 e. The third-order valence-electron chi connectivity index (χ3n) is 10.6. The zero-order valence-electron chi connectivity index (χ0n) is 20.3. The molecule has 0 bridgehead atoms. The lowest BCUT2D eigenvalue weighted by molar-refractivity contribution is -0.153. The molecule has 4 aliphatic carbocycles. The number of aliphatic hydroxyl groups is 2. The number of aliphatic hydroxyl groups excluding tert-OH is 2. The van der Waals surface area contributed by atoms with E-state index >= 15 is 0 Å². The molecule has 0 amide bonds. The Labute approximate surface area is 197 Å². The Morgan fingerprint density at radius 2 is 1.94 bits per heavy atom. The van der Waals surface area contributed by atoms with Crippen molar-refractivity contribution in [1.82, 2.24) is 0 Å². The number of carbonyl (C=O) groups excluding carboxylic acids is 2. The molecule has 5 nitrogen and oxygen atoms in total.